The van der Waals surface area contributed by atoms with E-state index in [4.69, 9.17) is 19.6 Å². The number of Topliss-reactive ketones (excluding diaryl/α,β-unsaturated/α-hetero) is 1. The van der Waals surface area contributed by atoms with Gasteiger partial charge in [-0.05, 0) is 29.5 Å². The summed E-state index contributed by atoms with van der Waals surface area (Å²) in [5.74, 6) is 1.59. The number of ketones is 1. The average molecular weight is 479 g/mol. The van der Waals surface area contributed by atoms with E-state index in [2.05, 4.69) is 23.7 Å². The number of aromatic nitrogens is 2. The van der Waals surface area contributed by atoms with Crippen LogP contribution >= 0.6 is 0 Å². The third kappa shape index (κ3) is 4.77. The summed E-state index contributed by atoms with van der Waals surface area (Å²) in [5, 5.41) is 9.11. The first kappa shape index (κ1) is 23.8. The first-order valence-electron chi connectivity index (χ1n) is 12.4. The molecule has 3 heterocycles. The van der Waals surface area contributed by atoms with E-state index in [0.29, 0.717) is 47.6 Å². The fourth-order valence-corrected chi connectivity index (χ4v) is 5.39. The van der Waals surface area contributed by atoms with E-state index in [0.717, 1.165) is 50.6 Å². The first-order chi connectivity index (χ1) is 16.9. The van der Waals surface area contributed by atoms with Gasteiger partial charge in [-0.2, -0.15) is 0 Å². The van der Waals surface area contributed by atoms with E-state index in [9.17, 15) is 4.79 Å². The highest BCUT2D eigenvalue weighted by Crippen LogP contribution is 2.48. The van der Waals surface area contributed by atoms with E-state index in [-0.39, 0.29) is 17.1 Å². The number of morpholine rings is 1. The van der Waals surface area contributed by atoms with Crippen LogP contribution in [-0.2, 0) is 16.1 Å². The van der Waals surface area contributed by atoms with Gasteiger partial charge in [0.2, 0.25) is 5.88 Å². The van der Waals surface area contributed by atoms with Gasteiger partial charge < -0.3 is 18.8 Å². The van der Waals surface area contributed by atoms with Gasteiger partial charge in [0.05, 0.1) is 25.9 Å². The van der Waals surface area contributed by atoms with Crippen molar-refractivity contribution in [2.45, 2.75) is 45.6 Å². The van der Waals surface area contributed by atoms with Crippen molar-refractivity contribution < 1.29 is 19.0 Å². The second kappa shape index (κ2) is 9.59. The number of fused-ring (bicyclic) bond motifs is 1. The van der Waals surface area contributed by atoms with Crippen LogP contribution in [0.15, 0.2) is 41.9 Å². The number of nitrogens with one attached hydrogen (secondary N) is 1. The maximum atomic E-state index is 13.4. The number of allylic oxidation sites excluding steroid dienone is 2. The van der Waals surface area contributed by atoms with Gasteiger partial charge in [-0.1, -0.05) is 26.0 Å². The van der Waals surface area contributed by atoms with E-state index in [1.807, 2.05) is 28.8 Å². The van der Waals surface area contributed by atoms with Gasteiger partial charge >= 0.3 is 0 Å². The fraction of sp³-hybridized carbons (Fsp3) is 0.519. The predicted octanol–water partition coefficient (Wildman–Crippen LogP) is 3.26. The Balaban J connectivity index is 1.51. The molecule has 8 heteroatoms. The lowest BCUT2D eigenvalue weighted by molar-refractivity contribution is -0.118. The van der Waals surface area contributed by atoms with Gasteiger partial charge in [0.1, 0.15) is 23.3 Å². The molecule has 0 saturated carbocycles. The molecule has 1 aliphatic carbocycles. The molecular formula is C27H34N4O4. The normalized spacial score (nSPS) is 21.8. The Morgan fingerprint density at radius 3 is 2.60 bits per heavy atom. The summed E-state index contributed by atoms with van der Waals surface area (Å²) in [6.07, 6.45) is 3.74. The molecule has 1 aromatic heterocycles. The number of rotatable bonds is 6. The maximum Gasteiger partial charge on any atom is 0.228 e. The second-order valence-corrected chi connectivity index (χ2v) is 10.4. The van der Waals surface area contributed by atoms with Gasteiger partial charge in [0, 0.05) is 50.5 Å². The van der Waals surface area contributed by atoms with Gasteiger partial charge in [-0.3, -0.25) is 15.1 Å². The van der Waals surface area contributed by atoms with Gasteiger partial charge in [0.25, 0.3) is 0 Å². The molecule has 1 aromatic carbocycles. The number of methoxy groups -OCH3 is 1. The molecule has 0 amide bonds. The van der Waals surface area contributed by atoms with Crippen molar-refractivity contribution in [1.82, 2.24) is 14.5 Å². The smallest absolute Gasteiger partial charge is 0.228 e. The van der Waals surface area contributed by atoms with Crippen molar-refractivity contribution in [1.29, 1.82) is 5.41 Å². The summed E-state index contributed by atoms with van der Waals surface area (Å²) < 4.78 is 18.9. The summed E-state index contributed by atoms with van der Waals surface area (Å²) in [5.41, 5.74) is 2.45. The zero-order valence-corrected chi connectivity index (χ0v) is 20.8. The van der Waals surface area contributed by atoms with Crippen LogP contribution in [0.1, 0.15) is 50.2 Å². The summed E-state index contributed by atoms with van der Waals surface area (Å²) in [6, 6.07) is 7.76. The van der Waals surface area contributed by atoms with Crippen molar-refractivity contribution in [3.63, 3.8) is 0 Å². The van der Waals surface area contributed by atoms with Crippen LogP contribution < -0.4 is 15.0 Å². The number of carbonyl (C=O) groups excluding carboxylic acids is 1. The molecule has 0 bridgehead atoms. The number of hydrogen-bond donors (Lipinski definition) is 1. The second-order valence-electron chi connectivity index (χ2n) is 10.4. The molecule has 0 radical (unpaired) electrons. The van der Waals surface area contributed by atoms with Gasteiger partial charge in [-0.25, -0.2) is 4.98 Å². The number of carbonyl (C=O) groups is 1. The Labute approximate surface area is 206 Å². The Morgan fingerprint density at radius 2 is 1.89 bits per heavy atom. The van der Waals surface area contributed by atoms with Crippen LogP contribution in [0.3, 0.4) is 0 Å². The van der Waals surface area contributed by atoms with Crippen molar-refractivity contribution in [2.24, 2.45) is 5.41 Å². The Bertz CT molecular complexity index is 1190. The molecule has 0 spiro atoms. The summed E-state index contributed by atoms with van der Waals surface area (Å²) in [4.78, 5) is 20.5. The quantitative estimate of drug-likeness (QED) is 0.686. The lowest BCUT2D eigenvalue weighted by atomic mass is 9.70. The van der Waals surface area contributed by atoms with Crippen LogP contribution in [-0.4, -0.2) is 60.2 Å². The van der Waals surface area contributed by atoms with Crippen LogP contribution in [0, 0.1) is 10.8 Å². The predicted molar refractivity (Wildman–Crippen MR) is 130 cm³/mol. The van der Waals surface area contributed by atoms with Crippen LogP contribution in [0.25, 0.3) is 0 Å². The SMILES string of the molecule is COc1ccc([C@H]2C3=C(CC(C)(C)CC3=O)Oc3ncn(CCCN4CCOCC4)c(=N)c32)cc1. The van der Waals surface area contributed by atoms with Crippen molar-refractivity contribution in [3.05, 3.63) is 58.5 Å². The largest absolute Gasteiger partial charge is 0.497 e. The fourth-order valence-electron chi connectivity index (χ4n) is 5.39. The number of nitrogens with zero attached hydrogens (tertiary/aromatic N) is 3. The molecule has 1 saturated heterocycles. The third-order valence-corrected chi connectivity index (χ3v) is 7.19. The molecule has 2 aliphatic heterocycles. The lowest BCUT2D eigenvalue weighted by Gasteiger charge is -2.38. The molecule has 186 valence electrons. The van der Waals surface area contributed by atoms with Crippen molar-refractivity contribution in [2.75, 3.05) is 40.0 Å². The van der Waals surface area contributed by atoms with Crippen molar-refractivity contribution >= 4 is 5.78 Å². The molecule has 1 atom stereocenters. The monoisotopic (exact) mass is 478 g/mol. The zero-order chi connectivity index (χ0) is 24.6. The molecule has 5 rings (SSSR count). The average Bonchev–Trinajstić information content (AvgIpc) is 2.84. The number of hydrogen-bond acceptors (Lipinski definition) is 7. The highest BCUT2D eigenvalue weighted by Gasteiger charge is 2.43. The van der Waals surface area contributed by atoms with Crippen LogP contribution in [0.4, 0.5) is 0 Å². The number of benzene rings is 1. The zero-order valence-electron chi connectivity index (χ0n) is 20.8. The van der Waals surface area contributed by atoms with E-state index < -0.39 is 0 Å². The van der Waals surface area contributed by atoms with E-state index in [1.54, 1.807) is 13.4 Å². The minimum absolute atomic E-state index is 0.0878. The lowest BCUT2D eigenvalue weighted by Crippen LogP contribution is -2.38. The molecule has 2 aromatic rings. The maximum absolute atomic E-state index is 13.4. The van der Waals surface area contributed by atoms with Gasteiger partial charge in [-0.15, -0.1) is 0 Å². The van der Waals surface area contributed by atoms with Crippen molar-refractivity contribution in [3.8, 4) is 11.6 Å². The number of aryl methyl sites for hydroxylation is 1. The molecule has 35 heavy (non-hydrogen) atoms. The summed E-state index contributed by atoms with van der Waals surface area (Å²) in [7, 11) is 1.64. The molecule has 0 unspecified atom stereocenters. The molecule has 1 fully saturated rings. The van der Waals surface area contributed by atoms with Crippen LogP contribution in [0.2, 0.25) is 0 Å². The van der Waals surface area contributed by atoms with Gasteiger partial charge in [0.15, 0.2) is 5.78 Å². The van der Waals surface area contributed by atoms with E-state index >= 15 is 0 Å². The van der Waals surface area contributed by atoms with Crippen LogP contribution in [0.5, 0.6) is 11.6 Å². The first-order valence-corrected chi connectivity index (χ1v) is 12.4. The van der Waals surface area contributed by atoms with E-state index in [1.165, 1.54) is 0 Å². The summed E-state index contributed by atoms with van der Waals surface area (Å²) in [6.45, 7) is 9.26. The summed E-state index contributed by atoms with van der Waals surface area (Å²) >= 11 is 0. The molecule has 1 N–H and O–H groups in total. The minimum atomic E-state index is -0.380. The standard InChI is InChI=1S/C27H34N4O4/c1-27(2)15-20(32)23-21(16-27)35-26-24(22(23)18-5-7-19(33-3)8-6-18)25(28)31(17-29-26)10-4-9-30-11-13-34-14-12-30/h5-8,17,22,28H,4,9-16H2,1-3H3/t22-/m0/s1. The topological polar surface area (TPSA) is 89.7 Å². The molecule has 8 nitrogen and oxygen atoms in total. The Morgan fingerprint density at radius 1 is 1.14 bits per heavy atom. The molecular weight excluding hydrogens is 444 g/mol. The highest BCUT2D eigenvalue weighted by atomic mass is 16.5. The highest BCUT2D eigenvalue weighted by molar-refractivity contribution is 6.00. The molecule has 3 aliphatic rings. The Hall–Kier alpha value is -2.97. The minimum Gasteiger partial charge on any atom is -0.497 e. The number of ether oxygens (including phenoxy) is 3. The Kier molecular flexibility index (Phi) is 6.51. The third-order valence-electron chi connectivity index (χ3n) is 7.19.